The number of likely N-dealkylation sites (N-methyl/N-ethyl adjacent to an activating group) is 1. The van der Waals surface area contributed by atoms with Crippen molar-refractivity contribution < 1.29 is 19.1 Å². The van der Waals surface area contributed by atoms with E-state index >= 15 is 0 Å². The molecule has 2 aliphatic heterocycles. The summed E-state index contributed by atoms with van der Waals surface area (Å²) in [6.07, 6.45) is 1.47. The SMILES string of the molecule is C=CCOC(=O)[C@@H]1[C@@H](C(=O)N(C)C)N[C@H](c2ccccc2)[C@@]12C(=O)Nc1ccc(I)cc12. The van der Waals surface area contributed by atoms with E-state index in [4.69, 9.17) is 4.74 Å². The van der Waals surface area contributed by atoms with Crippen molar-refractivity contribution in [3.8, 4) is 0 Å². The van der Waals surface area contributed by atoms with E-state index in [9.17, 15) is 14.4 Å². The molecule has 0 aromatic heterocycles. The number of ether oxygens (including phenoxy) is 1. The van der Waals surface area contributed by atoms with Crippen molar-refractivity contribution in [1.82, 2.24) is 10.2 Å². The van der Waals surface area contributed by atoms with Gasteiger partial charge in [0, 0.05) is 23.4 Å². The molecule has 2 aliphatic rings. The first-order chi connectivity index (χ1) is 15.3. The van der Waals surface area contributed by atoms with Gasteiger partial charge in [-0.3, -0.25) is 19.7 Å². The topological polar surface area (TPSA) is 87.7 Å². The van der Waals surface area contributed by atoms with Crippen molar-refractivity contribution in [3.05, 3.63) is 75.9 Å². The molecule has 1 saturated heterocycles. The Balaban J connectivity index is 1.99. The molecule has 4 rings (SSSR count). The summed E-state index contributed by atoms with van der Waals surface area (Å²) in [6, 6.07) is 13.5. The Morgan fingerprint density at radius 3 is 2.59 bits per heavy atom. The average Bonchev–Trinajstić information content (AvgIpc) is 3.28. The Hall–Kier alpha value is -2.72. The van der Waals surface area contributed by atoms with Crippen LogP contribution in [-0.4, -0.2) is 49.4 Å². The number of rotatable bonds is 5. The molecule has 2 aromatic carbocycles. The highest BCUT2D eigenvalue weighted by Gasteiger charge is 2.68. The summed E-state index contributed by atoms with van der Waals surface area (Å²) >= 11 is 2.18. The summed E-state index contributed by atoms with van der Waals surface area (Å²) in [4.78, 5) is 41.9. The van der Waals surface area contributed by atoms with Crippen LogP contribution in [0.25, 0.3) is 0 Å². The molecule has 2 aromatic rings. The molecule has 1 fully saturated rings. The maximum atomic E-state index is 13.8. The van der Waals surface area contributed by atoms with Gasteiger partial charge in [0.2, 0.25) is 11.8 Å². The minimum Gasteiger partial charge on any atom is -0.461 e. The zero-order valence-corrected chi connectivity index (χ0v) is 20.0. The van der Waals surface area contributed by atoms with Gasteiger partial charge in [-0.1, -0.05) is 43.0 Å². The number of hydrogen-bond acceptors (Lipinski definition) is 5. The molecular weight excluding hydrogens is 521 g/mol. The van der Waals surface area contributed by atoms with Crippen molar-refractivity contribution in [2.75, 3.05) is 26.0 Å². The monoisotopic (exact) mass is 545 g/mol. The van der Waals surface area contributed by atoms with E-state index in [-0.39, 0.29) is 18.4 Å². The van der Waals surface area contributed by atoms with Crippen LogP contribution in [0.2, 0.25) is 0 Å². The van der Waals surface area contributed by atoms with Crippen LogP contribution in [0.4, 0.5) is 5.69 Å². The van der Waals surface area contributed by atoms with Gasteiger partial charge in [-0.2, -0.15) is 0 Å². The lowest BCUT2D eigenvalue weighted by molar-refractivity contribution is -0.154. The lowest BCUT2D eigenvalue weighted by Gasteiger charge is -2.34. The van der Waals surface area contributed by atoms with Crippen LogP contribution in [0.15, 0.2) is 61.2 Å². The van der Waals surface area contributed by atoms with E-state index in [1.54, 1.807) is 14.1 Å². The van der Waals surface area contributed by atoms with Gasteiger partial charge in [-0.15, -0.1) is 0 Å². The van der Waals surface area contributed by atoms with Crippen molar-refractivity contribution >= 4 is 46.1 Å². The van der Waals surface area contributed by atoms with Crippen LogP contribution in [0.5, 0.6) is 0 Å². The third kappa shape index (κ3) is 3.41. The van der Waals surface area contributed by atoms with E-state index < -0.39 is 29.4 Å². The predicted octanol–water partition coefficient (Wildman–Crippen LogP) is 2.63. The fourth-order valence-corrected chi connectivity index (χ4v) is 5.30. The zero-order chi connectivity index (χ0) is 23.0. The Bertz CT molecular complexity index is 1090. The molecule has 0 bridgehead atoms. The standard InChI is InChI=1S/C24H24IN3O4/c1-4-12-32-22(30)18-19(21(29)28(2)3)27-20(14-8-6-5-7-9-14)24(18)16-13-15(25)10-11-17(16)26-23(24)31/h4-11,13,18-20,27H,1,12H2,2-3H3,(H,26,31)/t18-,19-,20+,24-/m0/s1. The lowest BCUT2D eigenvalue weighted by atomic mass is 9.65. The van der Waals surface area contributed by atoms with Crippen molar-refractivity contribution in [3.63, 3.8) is 0 Å². The number of fused-ring (bicyclic) bond motifs is 2. The number of halogens is 1. The van der Waals surface area contributed by atoms with E-state index in [0.29, 0.717) is 11.3 Å². The number of nitrogens with zero attached hydrogens (tertiary/aromatic N) is 1. The van der Waals surface area contributed by atoms with E-state index in [0.717, 1.165) is 9.13 Å². The number of nitrogens with one attached hydrogen (secondary N) is 2. The van der Waals surface area contributed by atoms with Crippen LogP contribution < -0.4 is 10.6 Å². The first-order valence-electron chi connectivity index (χ1n) is 10.2. The summed E-state index contributed by atoms with van der Waals surface area (Å²) in [6.45, 7) is 3.60. The van der Waals surface area contributed by atoms with Gasteiger partial charge in [0.1, 0.15) is 24.0 Å². The summed E-state index contributed by atoms with van der Waals surface area (Å²) in [5, 5.41) is 6.29. The van der Waals surface area contributed by atoms with Crippen LogP contribution in [0, 0.1) is 9.49 Å². The second-order valence-corrected chi connectivity index (χ2v) is 9.38. The summed E-state index contributed by atoms with van der Waals surface area (Å²) in [7, 11) is 3.26. The number of carbonyl (C=O) groups excluding carboxylic acids is 3. The smallest absolute Gasteiger partial charge is 0.312 e. The Morgan fingerprint density at radius 2 is 1.94 bits per heavy atom. The van der Waals surface area contributed by atoms with Gasteiger partial charge in [0.15, 0.2) is 0 Å². The molecule has 2 heterocycles. The largest absolute Gasteiger partial charge is 0.461 e. The van der Waals surface area contributed by atoms with E-state index in [1.165, 1.54) is 11.0 Å². The molecule has 2 N–H and O–H groups in total. The molecule has 166 valence electrons. The lowest BCUT2D eigenvalue weighted by Crippen LogP contribution is -2.51. The maximum Gasteiger partial charge on any atom is 0.312 e. The third-order valence-corrected chi connectivity index (χ3v) is 6.78. The number of benzene rings is 2. The second-order valence-electron chi connectivity index (χ2n) is 8.13. The summed E-state index contributed by atoms with van der Waals surface area (Å²) in [5.74, 6) is -2.31. The number of esters is 1. The average molecular weight is 545 g/mol. The van der Waals surface area contributed by atoms with E-state index in [2.05, 4.69) is 39.8 Å². The number of anilines is 1. The molecule has 4 atom stereocenters. The van der Waals surface area contributed by atoms with Gasteiger partial charge in [-0.25, -0.2) is 0 Å². The highest BCUT2D eigenvalue weighted by molar-refractivity contribution is 14.1. The van der Waals surface area contributed by atoms with Gasteiger partial charge in [-0.05, 0) is 51.9 Å². The fraction of sp³-hybridized carbons (Fsp3) is 0.292. The minimum atomic E-state index is -1.35. The number of hydrogen-bond donors (Lipinski definition) is 2. The van der Waals surface area contributed by atoms with Crippen LogP contribution in [0.3, 0.4) is 0 Å². The Labute approximate surface area is 200 Å². The Kier molecular flexibility index (Phi) is 6.09. The van der Waals surface area contributed by atoms with E-state index in [1.807, 2.05) is 48.5 Å². The van der Waals surface area contributed by atoms with Crippen molar-refractivity contribution in [2.24, 2.45) is 5.92 Å². The van der Waals surface area contributed by atoms with Crippen molar-refractivity contribution in [1.29, 1.82) is 0 Å². The highest BCUT2D eigenvalue weighted by atomic mass is 127. The molecule has 7 nitrogen and oxygen atoms in total. The zero-order valence-electron chi connectivity index (χ0n) is 17.8. The summed E-state index contributed by atoms with van der Waals surface area (Å²) < 4.78 is 6.37. The van der Waals surface area contributed by atoms with Gasteiger partial charge >= 0.3 is 5.97 Å². The molecule has 0 aliphatic carbocycles. The van der Waals surface area contributed by atoms with Gasteiger partial charge in [0.25, 0.3) is 0 Å². The molecular formula is C24H24IN3O4. The molecule has 8 heteroatoms. The number of amides is 2. The summed E-state index contributed by atoms with van der Waals surface area (Å²) in [5.41, 5.74) is 0.778. The first kappa shape index (κ1) is 22.5. The van der Waals surface area contributed by atoms with Crippen LogP contribution in [0.1, 0.15) is 17.2 Å². The second kappa shape index (κ2) is 8.67. The van der Waals surface area contributed by atoms with Crippen LogP contribution >= 0.6 is 22.6 Å². The Morgan fingerprint density at radius 1 is 1.22 bits per heavy atom. The van der Waals surface area contributed by atoms with Crippen molar-refractivity contribution in [2.45, 2.75) is 17.5 Å². The fourth-order valence-electron chi connectivity index (χ4n) is 4.81. The molecule has 32 heavy (non-hydrogen) atoms. The van der Waals surface area contributed by atoms with Gasteiger partial charge < -0.3 is 15.0 Å². The molecule has 0 unspecified atom stereocenters. The molecule has 2 amide bonds. The molecule has 0 saturated carbocycles. The third-order valence-electron chi connectivity index (χ3n) is 6.11. The van der Waals surface area contributed by atoms with Gasteiger partial charge in [0.05, 0.1) is 6.04 Å². The number of carbonyl (C=O) groups is 3. The highest BCUT2D eigenvalue weighted by Crippen LogP contribution is 2.56. The minimum absolute atomic E-state index is 0.00884. The predicted molar refractivity (Wildman–Crippen MR) is 129 cm³/mol. The molecule has 0 radical (unpaired) electrons. The normalized spacial score (nSPS) is 25.8. The molecule has 1 spiro atoms. The quantitative estimate of drug-likeness (QED) is 0.343. The first-order valence-corrected chi connectivity index (χ1v) is 11.3. The maximum absolute atomic E-state index is 13.8. The van der Waals surface area contributed by atoms with Crippen LogP contribution in [-0.2, 0) is 24.5 Å².